The van der Waals surface area contributed by atoms with Gasteiger partial charge in [-0.1, -0.05) is 11.6 Å². The van der Waals surface area contributed by atoms with Crippen molar-refractivity contribution in [1.82, 2.24) is 19.9 Å². The first kappa shape index (κ1) is 9.73. The predicted molar refractivity (Wildman–Crippen MR) is 42.2 cm³/mol. The zero-order valence-electron chi connectivity index (χ0n) is 7.37. The molecule has 0 spiro atoms. The SMILES string of the molecule is Nc1nc(Cl)c2[nH]cnc2n1.[H-].[Na+]. The van der Waals surface area contributed by atoms with Crippen LogP contribution in [-0.2, 0) is 0 Å². The second-order valence-electron chi connectivity index (χ2n) is 1.97. The van der Waals surface area contributed by atoms with Gasteiger partial charge in [-0.15, -0.1) is 0 Å². The molecule has 0 aliphatic carbocycles. The second kappa shape index (κ2) is 3.57. The Morgan fingerprint density at radius 1 is 1.50 bits per heavy atom. The van der Waals surface area contributed by atoms with Crippen molar-refractivity contribution in [1.29, 1.82) is 0 Å². The van der Waals surface area contributed by atoms with Crippen LogP contribution in [0.1, 0.15) is 1.43 Å². The smallest absolute Gasteiger partial charge is 1.00 e. The second-order valence-corrected chi connectivity index (χ2v) is 2.33. The predicted octanol–water partition coefficient (Wildman–Crippen LogP) is -2.29. The number of rotatable bonds is 0. The zero-order valence-corrected chi connectivity index (χ0v) is 9.13. The minimum Gasteiger partial charge on any atom is -1.00 e. The van der Waals surface area contributed by atoms with Crippen molar-refractivity contribution in [2.24, 2.45) is 0 Å². The van der Waals surface area contributed by atoms with Gasteiger partial charge in [-0.2, -0.15) is 9.97 Å². The van der Waals surface area contributed by atoms with E-state index in [0.717, 1.165) is 0 Å². The van der Waals surface area contributed by atoms with Gasteiger partial charge in [0.2, 0.25) is 5.95 Å². The van der Waals surface area contributed by atoms with Crippen molar-refractivity contribution >= 4 is 28.7 Å². The van der Waals surface area contributed by atoms with Crippen LogP contribution < -0.4 is 35.3 Å². The van der Waals surface area contributed by atoms with E-state index in [1.807, 2.05) is 0 Å². The van der Waals surface area contributed by atoms with Crippen molar-refractivity contribution in [3.63, 3.8) is 0 Å². The minimum atomic E-state index is 0. The van der Waals surface area contributed by atoms with Crippen LogP contribution in [-0.4, -0.2) is 19.9 Å². The van der Waals surface area contributed by atoms with Gasteiger partial charge in [0.25, 0.3) is 0 Å². The summed E-state index contributed by atoms with van der Waals surface area (Å²) in [5.74, 6) is 0.134. The fourth-order valence-electron chi connectivity index (χ4n) is 0.814. The summed E-state index contributed by atoms with van der Waals surface area (Å²) < 4.78 is 0. The number of hydrogen-bond acceptors (Lipinski definition) is 4. The molecule has 0 atom stereocenters. The van der Waals surface area contributed by atoms with Gasteiger partial charge in [-0.3, -0.25) is 0 Å². The van der Waals surface area contributed by atoms with Crippen LogP contribution in [0.4, 0.5) is 5.95 Å². The number of nitrogens with zero attached hydrogens (tertiary/aromatic N) is 3. The fraction of sp³-hybridized carbons (Fsp3) is 0. The summed E-state index contributed by atoms with van der Waals surface area (Å²) >= 11 is 5.70. The number of H-pyrrole nitrogens is 1. The number of imidazole rings is 1. The van der Waals surface area contributed by atoms with Crippen molar-refractivity contribution in [2.45, 2.75) is 0 Å². The first-order valence-corrected chi connectivity index (χ1v) is 3.27. The number of hydrogen-bond donors (Lipinski definition) is 2. The van der Waals surface area contributed by atoms with Gasteiger partial charge in [0.1, 0.15) is 5.52 Å². The molecule has 2 aromatic heterocycles. The molecule has 0 bridgehead atoms. The van der Waals surface area contributed by atoms with Crippen LogP contribution >= 0.6 is 11.6 Å². The molecule has 0 aromatic carbocycles. The average molecular weight is 194 g/mol. The number of aromatic amines is 1. The molecule has 3 N–H and O–H groups in total. The van der Waals surface area contributed by atoms with Crippen LogP contribution in [0.15, 0.2) is 6.33 Å². The number of nitrogens with one attached hydrogen (secondary N) is 1. The summed E-state index contributed by atoms with van der Waals surface area (Å²) in [6, 6.07) is 0. The summed E-state index contributed by atoms with van der Waals surface area (Å²) in [5, 5.41) is 0.296. The number of anilines is 1. The van der Waals surface area contributed by atoms with Gasteiger partial charge in [0, 0.05) is 0 Å². The topological polar surface area (TPSA) is 80.5 Å². The average Bonchev–Trinajstić information content (AvgIpc) is 2.34. The zero-order chi connectivity index (χ0) is 7.84. The first-order chi connectivity index (χ1) is 5.27. The van der Waals surface area contributed by atoms with Crippen molar-refractivity contribution in [3.05, 3.63) is 11.5 Å². The molecule has 2 aromatic rings. The Hall–Kier alpha value is -0.360. The van der Waals surface area contributed by atoms with Gasteiger partial charge in [-0.25, -0.2) is 4.98 Å². The van der Waals surface area contributed by atoms with Crippen LogP contribution in [0.25, 0.3) is 11.2 Å². The summed E-state index contributed by atoms with van der Waals surface area (Å²) in [5.41, 5.74) is 6.42. The van der Waals surface area contributed by atoms with E-state index in [4.69, 9.17) is 17.3 Å². The van der Waals surface area contributed by atoms with E-state index >= 15 is 0 Å². The van der Waals surface area contributed by atoms with E-state index in [1.165, 1.54) is 6.33 Å². The third kappa shape index (κ3) is 1.54. The molecule has 7 heteroatoms. The molecular weight excluding hydrogens is 189 g/mol. The molecule has 2 heterocycles. The van der Waals surface area contributed by atoms with Crippen LogP contribution in [0, 0.1) is 0 Å². The summed E-state index contributed by atoms with van der Waals surface area (Å²) in [6.07, 6.45) is 1.49. The molecule has 0 unspecified atom stereocenters. The van der Waals surface area contributed by atoms with Gasteiger partial charge < -0.3 is 12.1 Å². The molecule has 0 aliphatic heterocycles. The molecule has 0 saturated carbocycles. The quantitative estimate of drug-likeness (QED) is 0.365. The first-order valence-electron chi connectivity index (χ1n) is 2.89. The molecule has 0 radical (unpaired) electrons. The molecular formula is C5H5ClN5Na. The van der Waals surface area contributed by atoms with Crippen molar-refractivity contribution in [2.75, 3.05) is 5.73 Å². The van der Waals surface area contributed by atoms with Crippen LogP contribution in [0.2, 0.25) is 5.15 Å². The summed E-state index contributed by atoms with van der Waals surface area (Å²) in [7, 11) is 0. The molecule has 5 nitrogen and oxygen atoms in total. The van der Waals surface area contributed by atoms with Crippen molar-refractivity contribution < 1.29 is 31.0 Å². The molecule has 0 amide bonds. The Labute approximate surface area is 96.5 Å². The standard InChI is InChI=1S/C5H4ClN5.Na.H/c6-3-2-4(9-1-8-2)11-5(7)10-3;;/h1H,(H3,7,8,9,10,11);;/q;+1;-1. The Balaban J connectivity index is 0.000000720. The summed E-state index contributed by atoms with van der Waals surface area (Å²) in [4.78, 5) is 14.2. The molecule has 2 rings (SSSR count). The van der Waals surface area contributed by atoms with Gasteiger partial charge in [-0.05, 0) is 0 Å². The third-order valence-electron chi connectivity index (χ3n) is 1.26. The van der Waals surface area contributed by atoms with Gasteiger partial charge in [0.05, 0.1) is 6.33 Å². The summed E-state index contributed by atoms with van der Waals surface area (Å²) in [6.45, 7) is 0. The maximum absolute atomic E-state index is 5.70. The van der Waals surface area contributed by atoms with Crippen LogP contribution in [0.3, 0.4) is 0 Å². The van der Waals surface area contributed by atoms with E-state index in [0.29, 0.717) is 16.3 Å². The number of halogens is 1. The molecule has 0 aliphatic rings. The molecule has 0 fully saturated rings. The number of aromatic nitrogens is 4. The Kier molecular flexibility index (Phi) is 2.89. The fourth-order valence-corrected chi connectivity index (χ4v) is 1.04. The third-order valence-corrected chi connectivity index (χ3v) is 1.53. The Bertz CT molecular complexity index is 405. The number of fused-ring (bicyclic) bond motifs is 1. The number of nitrogen functional groups attached to an aromatic ring is 1. The Morgan fingerprint density at radius 3 is 3.00 bits per heavy atom. The van der Waals surface area contributed by atoms with Crippen LogP contribution in [0.5, 0.6) is 0 Å². The number of nitrogens with two attached hydrogens (primary N) is 1. The van der Waals surface area contributed by atoms with E-state index in [1.54, 1.807) is 0 Å². The minimum absolute atomic E-state index is 0. The van der Waals surface area contributed by atoms with Gasteiger partial charge >= 0.3 is 29.6 Å². The maximum Gasteiger partial charge on any atom is 1.00 e. The van der Waals surface area contributed by atoms with Crippen molar-refractivity contribution in [3.8, 4) is 0 Å². The molecule has 58 valence electrons. The van der Waals surface area contributed by atoms with E-state index in [2.05, 4.69) is 19.9 Å². The largest absolute Gasteiger partial charge is 1.00 e. The van der Waals surface area contributed by atoms with E-state index < -0.39 is 0 Å². The maximum atomic E-state index is 5.70. The van der Waals surface area contributed by atoms with E-state index in [-0.39, 0.29) is 36.9 Å². The molecule has 0 saturated heterocycles. The monoisotopic (exact) mass is 193 g/mol. The van der Waals surface area contributed by atoms with E-state index in [9.17, 15) is 0 Å². The normalized spacial score (nSPS) is 9.75. The molecule has 12 heavy (non-hydrogen) atoms. The Morgan fingerprint density at radius 2 is 2.25 bits per heavy atom. The van der Waals surface area contributed by atoms with Gasteiger partial charge in [0.15, 0.2) is 10.8 Å².